The predicted molar refractivity (Wildman–Crippen MR) is 57.5 cm³/mol. The molecule has 1 heterocycles. The standard InChI is InChI=1S/C11H15FN2O2/c12-10-5-4-9(8-14-10)11(16)13-6-2-1-3-7-15/h4-5,8,15H,1-3,6-7H2,(H,13,16). The first-order valence-corrected chi connectivity index (χ1v) is 5.24. The van der Waals surface area contributed by atoms with Crippen LogP contribution in [0.3, 0.4) is 0 Å². The summed E-state index contributed by atoms with van der Waals surface area (Å²) in [6.07, 6.45) is 3.64. The van der Waals surface area contributed by atoms with Crippen molar-refractivity contribution in [3.63, 3.8) is 0 Å². The molecule has 0 aliphatic rings. The molecule has 16 heavy (non-hydrogen) atoms. The van der Waals surface area contributed by atoms with Gasteiger partial charge in [-0.2, -0.15) is 4.39 Å². The monoisotopic (exact) mass is 226 g/mol. The average Bonchev–Trinajstić information content (AvgIpc) is 2.29. The summed E-state index contributed by atoms with van der Waals surface area (Å²) in [5, 5.41) is 11.2. The summed E-state index contributed by atoms with van der Waals surface area (Å²) in [6.45, 7) is 0.728. The van der Waals surface area contributed by atoms with Gasteiger partial charge in [-0.15, -0.1) is 0 Å². The molecule has 0 saturated heterocycles. The number of aliphatic hydroxyl groups is 1. The Kier molecular flexibility index (Phi) is 5.42. The van der Waals surface area contributed by atoms with Crippen LogP contribution in [0.15, 0.2) is 18.3 Å². The van der Waals surface area contributed by atoms with Crippen LogP contribution >= 0.6 is 0 Å². The number of carbonyl (C=O) groups is 1. The molecule has 88 valence electrons. The van der Waals surface area contributed by atoms with Crippen molar-refractivity contribution < 1.29 is 14.3 Å². The zero-order valence-electron chi connectivity index (χ0n) is 8.95. The lowest BCUT2D eigenvalue weighted by Gasteiger charge is -2.04. The number of carbonyl (C=O) groups excluding carboxylic acids is 1. The van der Waals surface area contributed by atoms with Gasteiger partial charge in [0.2, 0.25) is 5.95 Å². The van der Waals surface area contributed by atoms with Gasteiger partial charge >= 0.3 is 0 Å². The Morgan fingerprint density at radius 3 is 2.81 bits per heavy atom. The maximum atomic E-state index is 12.5. The van der Waals surface area contributed by atoms with Crippen molar-refractivity contribution in [3.05, 3.63) is 29.8 Å². The lowest BCUT2D eigenvalue weighted by molar-refractivity contribution is 0.0952. The van der Waals surface area contributed by atoms with Crippen LogP contribution in [0.4, 0.5) is 4.39 Å². The van der Waals surface area contributed by atoms with Crippen molar-refractivity contribution >= 4 is 5.91 Å². The molecule has 1 rings (SSSR count). The van der Waals surface area contributed by atoms with E-state index in [4.69, 9.17) is 5.11 Å². The Bertz CT molecular complexity index is 327. The van der Waals surface area contributed by atoms with E-state index in [1.165, 1.54) is 12.3 Å². The number of unbranched alkanes of at least 4 members (excludes halogenated alkanes) is 2. The van der Waals surface area contributed by atoms with Gasteiger partial charge < -0.3 is 10.4 Å². The Morgan fingerprint density at radius 2 is 2.19 bits per heavy atom. The van der Waals surface area contributed by atoms with E-state index >= 15 is 0 Å². The van der Waals surface area contributed by atoms with Crippen molar-refractivity contribution in [1.82, 2.24) is 10.3 Å². The summed E-state index contributed by atoms with van der Waals surface area (Å²) in [7, 11) is 0. The van der Waals surface area contributed by atoms with E-state index < -0.39 is 5.95 Å². The quantitative estimate of drug-likeness (QED) is 0.564. The third-order valence-electron chi connectivity index (χ3n) is 2.11. The van der Waals surface area contributed by atoms with Crippen molar-refractivity contribution in [2.24, 2.45) is 0 Å². The van der Waals surface area contributed by atoms with Crippen LogP contribution in [-0.4, -0.2) is 29.1 Å². The van der Waals surface area contributed by atoms with E-state index in [-0.39, 0.29) is 12.5 Å². The molecule has 4 nitrogen and oxygen atoms in total. The number of aliphatic hydroxyl groups excluding tert-OH is 1. The van der Waals surface area contributed by atoms with E-state index in [1.54, 1.807) is 0 Å². The zero-order chi connectivity index (χ0) is 11.8. The lowest BCUT2D eigenvalue weighted by atomic mass is 10.2. The fourth-order valence-electron chi connectivity index (χ4n) is 1.23. The first-order chi connectivity index (χ1) is 7.74. The van der Waals surface area contributed by atoms with Crippen molar-refractivity contribution in [2.75, 3.05) is 13.2 Å². The fraction of sp³-hybridized carbons (Fsp3) is 0.455. The summed E-state index contributed by atoms with van der Waals surface area (Å²) in [4.78, 5) is 14.9. The van der Waals surface area contributed by atoms with Crippen molar-refractivity contribution in [1.29, 1.82) is 0 Å². The number of hydrogen-bond acceptors (Lipinski definition) is 3. The molecule has 0 atom stereocenters. The molecule has 0 aliphatic heterocycles. The van der Waals surface area contributed by atoms with Gasteiger partial charge in [0, 0.05) is 19.3 Å². The van der Waals surface area contributed by atoms with E-state index in [1.807, 2.05) is 0 Å². The minimum atomic E-state index is -0.598. The van der Waals surface area contributed by atoms with E-state index in [2.05, 4.69) is 10.3 Å². The number of nitrogens with one attached hydrogen (secondary N) is 1. The Labute approximate surface area is 93.5 Å². The minimum Gasteiger partial charge on any atom is -0.396 e. The highest BCUT2D eigenvalue weighted by atomic mass is 19.1. The summed E-state index contributed by atoms with van der Waals surface area (Å²) in [5.74, 6) is -0.851. The normalized spacial score (nSPS) is 10.1. The first-order valence-electron chi connectivity index (χ1n) is 5.24. The number of rotatable bonds is 6. The van der Waals surface area contributed by atoms with Crippen LogP contribution in [0.25, 0.3) is 0 Å². The van der Waals surface area contributed by atoms with Gasteiger partial charge in [0.25, 0.3) is 5.91 Å². The van der Waals surface area contributed by atoms with E-state index in [0.717, 1.165) is 25.3 Å². The SMILES string of the molecule is O=C(NCCCCCO)c1ccc(F)nc1. The summed E-state index contributed by atoms with van der Waals surface area (Å²) in [5.41, 5.74) is 0.351. The second-order valence-electron chi connectivity index (χ2n) is 3.41. The van der Waals surface area contributed by atoms with Crippen LogP contribution < -0.4 is 5.32 Å². The minimum absolute atomic E-state index is 0.176. The van der Waals surface area contributed by atoms with Crippen LogP contribution in [0.5, 0.6) is 0 Å². The third kappa shape index (κ3) is 4.35. The van der Waals surface area contributed by atoms with Crippen molar-refractivity contribution in [2.45, 2.75) is 19.3 Å². The maximum Gasteiger partial charge on any atom is 0.252 e. The molecular formula is C11H15FN2O2. The van der Waals surface area contributed by atoms with Gasteiger partial charge in [0.15, 0.2) is 0 Å². The summed E-state index contributed by atoms with van der Waals surface area (Å²) >= 11 is 0. The van der Waals surface area contributed by atoms with Gasteiger partial charge in [-0.3, -0.25) is 4.79 Å². The topological polar surface area (TPSA) is 62.2 Å². The van der Waals surface area contributed by atoms with Crippen molar-refractivity contribution in [3.8, 4) is 0 Å². The van der Waals surface area contributed by atoms with Crippen LogP contribution in [-0.2, 0) is 0 Å². The molecule has 1 aromatic heterocycles. The number of pyridine rings is 1. The molecule has 0 spiro atoms. The van der Waals surface area contributed by atoms with Crippen LogP contribution in [0.1, 0.15) is 29.6 Å². The number of hydrogen-bond donors (Lipinski definition) is 2. The highest BCUT2D eigenvalue weighted by molar-refractivity contribution is 5.93. The third-order valence-corrected chi connectivity index (χ3v) is 2.11. The zero-order valence-corrected chi connectivity index (χ0v) is 8.95. The van der Waals surface area contributed by atoms with Gasteiger partial charge in [-0.05, 0) is 31.4 Å². The van der Waals surface area contributed by atoms with Crippen LogP contribution in [0.2, 0.25) is 0 Å². The summed E-state index contributed by atoms with van der Waals surface area (Å²) < 4.78 is 12.5. The molecule has 0 radical (unpaired) electrons. The van der Waals surface area contributed by atoms with Gasteiger partial charge in [0.1, 0.15) is 0 Å². The van der Waals surface area contributed by atoms with Gasteiger partial charge in [-0.25, -0.2) is 4.98 Å². The van der Waals surface area contributed by atoms with E-state index in [9.17, 15) is 9.18 Å². The number of halogens is 1. The Balaban J connectivity index is 2.27. The molecule has 0 aliphatic carbocycles. The maximum absolute atomic E-state index is 12.5. The molecule has 5 heteroatoms. The first kappa shape index (κ1) is 12.6. The largest absolute Gasteiger partial charge is 0.396 e. The Hall–Kier alpha value is -1.49. The van der Waals surface area contributed by atoms with Crippen LogP contribution in [0, 0.1) is 5.95 Å². The Morgan fingerprint density at radius 1 is 1.38 bits per heavy atom. The van der Waals surface area contributed by atoms with Gasteiger partial charge in [0.05, 0.1) is 5.56 Å². The highest BCUT2D eigenvalue weighted by Crippen LogP contribution is 1.99. The van der Waals surface area contributed by atoms with E-state index in [0.29, 0.717) is 12.1 Å². The molecule has 1 aromatic rings. The smallest absolute Gasteiger partial charge is 0.252 e. The lowest BCUT2D eigenvalue weighted by Crippen LogP contribution is -2.24. The average molecular weight is 226 g/mol. The molecule has 0 fully saturated rings. The summed E-state index contributed by atoms with van der Waals surface area (Å²) in [6, 6.07) is 2.55. The molecule has 1 amide bonds. The fourth-order valence-corrected chi connectivity index (χ4v) is 1.23. The number of amides is 1. The second-order valence-corrected chi connectivity index (χ2v) is 3.41. The van der Waals surface area contributed by atoms with Gasteiger partial charge in [-0.1, -0.05) is 0 Å². The highest BCUT2D eigenvalue weighted by Gasteiger charge is 2.04. The molecule has 0 saturated carbocycles. The number of nitrogens with zero attached hydrogens (tertiary/aromatic N) is 1. The second kappa shape index (κ2) is 6.90. The molecule has 0 unspecified atom stereocenters. The predicted octanol–water partition coefficient (Wildman–Crippen LogP) is 1.11. The number of aromatic nitrogens is 1. The molecule has 2 N–H and O–H groups in total. The molecular weight excluding hydrogens is 211 g/mol. The molecule has 0 bridgehead atoms. The molecule has 0 aromatic carbocycles.